The maximum atomic E-state index is 2.37. The third-order valence-electron chi connectivity index (χ3n) is 8.74. The summed E-state index contributed by atoms with van der Waals surface area (Å²) in [7, 11) is 0. The summed E-state index contributed by atoms with van der Waals surface area (Å²) in [6.45, 7) is 4.39. The van der Waals surface area contributed by atoms with Gasteiger partial charge in [-0.25, -0.2) is 0 Å². The predicted molar refractivity (Wildman–Crippen MR) is 172 cm³/mol. The average molecular weight is 509 g/mol. The van der Waals surface area contributed by atoms with Gasteiger partial charge in [-0.1, -0.05) is 133 Å². The molecule has 0 radical (unpaired) electrons. The monoisotopic (exact) mass is 508 g/mol. The molecule has 0 atom stereocenters. The second-order valence-electron chi connectivity index (χ2n) is 11.0. The van der Waals surface area contributed by atoms with Crippen molar-refractivity contribution in [2.24, 2.45) is 0 Å². The van der Waals surface area contributed by atoms with Gasteiger partial charge >= 0.3 is 0 Å². The van der Waals surface area contributed by atoms with Crippen LogP contribution in [0.25, 0.3) is 77.2 Å². The van der Waals surface area contributed by atoms with E-state index >= 15 is 0 Å². The van der Waals surface area contributed by atoms with Crippen LogP contribution in [-0.4, -0.2) is 0 Å². The highest BCUT2D eigenvalue weighted by Gasteiger charge is 2.31. The molecule has 0 N–H and O–H groups in total. The smallest absolute Gasteiger partial charge is 0.000741 e. The van der Waals surface area contributed by atoms with E-state index < -0.39 is 0 Å². The van der Waals surface area contributed by atoms with Crippen molar-refractivity contribution in [3.05, 3.63) is 145 Å². The van der Waals surface area contributed by atoms with Crippen LogP contribution in [0.15, 0.2) is 133 Å². The van der Waals surface area contributed by atoms with Gasteiger partial charge in [0.25, 0.3) is 0 Å². The van der Waals surface area contributed by atoms with E-state index in [2.05, 4.69) is 147 Å². The Morgan fingerprint density at radius 2 is 0.850 bits per heavy atom. The van der Waals surface area contributed by atoms with Gasteiger partial charge in [-0.2, -0.15) is 0 Å². The van der Waals surface area contributed by atoms with Crippen molar-refractivity contribution in [2.45, 2.75) is 13.8 Å². The Morgan fingerprint density at radius 3 is 1.45 bits per heavy atom. The molecule has 7 aromatic carbocycles. The molecule has 188 valence electrons. The highest BCUT2D eigenvalue weighted by Crippen LogP contribution is 2.58. The molecule has 0 spiro atoms. The zero-order chi connectivity index (χ0) is 26.8. The Kier molecular flexibility index (Phi) is 5.06. The van der Waals surface area contributed by atoms with E-state index in [0.717, 1.165) is 0 Å². The number of rotatable bonds is 3. The first-order valence-corrected chi connectivity index (χ1v) is 14.0. The van der Waals surface area contributed by atoms with Crippen LogP contribution in [0.4, 0.5) is 0 Å². The summed E-state index contributed by atoms with van der Waals surface area (Å²) in [6.07, 6.45) is 0. The number of aryl methyl sites for hydroxylation is 2. The van der Waals surface area contributed by atoms with Crippen LogP contribution in [0.3, 0.4) is 0 Å². The summed E-state index contributed by atoms with van der Waals surface area (Å²) in [5.74, 6) is 0. The second-order valence-corrected chi connectivity index (χ2v) is 11.0. The van der Waals surface area contributed by atoms with Crippen LogP contribution in [0, 0.1) is 13.8 Å². The van der Waals surface area contributed by atoms with Gasteiger partial charge in [-0.05, 0) is 102 Å². The summed E-state index contributed by atoms with van der Waals surface area (Å²) >= 11 is 0. The van der Waals surface area contributed by atoms with Gasteiger partial charge in [0.1, 0.15) is 0 Å². The molecule has 0 bridgehead atoms. The Morgan fingerprint density at radius 1 is 0.325 bits per heavy atom. The summed E-state index contributed by atoms with van der Waals surface area (Å²) in [4.78, 5) is 0. The number of benzene rings is 7. The molecule has 1 aliphatic carbocycles. The zero-order valence-electron chi connectivity index (χ0n) is 22.7. The molecule has 0 saturated carbocycles. The third kappa shape index (κ3) is 3.26. The first-order valence-electron chi connectivity index (χ1n) is 14.0. The van der Waals surface area contributed by atoms with Crippen molar-refractivity contribution in [1.82, 2.24) is 0 Å². The minimum Gasteiger partial charge on any atom is -0.0622 e. The number of hydrogen-bond acceptors (Lipinski definition) is 0. The second kappa shape index (κ2) is 8.79. The molecule has 0 fully saturated rings. The highest BCUT2D eigenvalue weighted by molar-refractivity contribution is 6.28. The topological polar surface area (TPSA) is 0 Å². The molecule has 0 saturated heterocycles. The minimum atomic E-state index is 1.26. The van der Waals surface area contributed by atoms with Crippen molar-refractivity contribution in [1.29, 1.82) is 0 Å². The molecule has 0 amide bonds. The lowest BCUT2D eigenvalue weighted by molar-refractivity contribution is 1.34. The van der Waals surface area contributed by atoms with Crippen LogP contribution in [0.1, 0.15) is 11.1 Å². The summed E-state index contributed by atoms with van der Waals surface area (Å²) < 4.78 is 0. The van der Waals surface area contributed by atoms with Crippen molar-refractivity contribution >= 4 is 21.5 Å². The van der Waals surface area contributed by atoms with Crippen LogP contribution < -0.4 is 0 Å². The number of fused-ring (bicyclic) bond motifs is 4. The molecular weight excluding hydrogens is 480 g/mol. The van der Waals surface area contributed by atoms with Gasteiger partial charge in [0.05, 0.1) is 0 Å². The SMILES string of the molecule is Cc1ccc(-c2ccc3c4c(cccc24)-c2c-3c(-c3ccccc3)c3ccccc3c2-c2ccccc2)cc1C. The Labute approximate surface area is 235 Å². The van der Waals surface area contributed by atoms with Crippen LogP contribution >= 0.6 is 0 Å². The van der Waals surface area contributed by atoms with E-state index in [1.165, 1.54) is 88.3 Å². The lowest BCUT2D eigenvalue weighted by atomic mass is 9.82. The maximum Gasteiger partial charge on any atom is -0.000741 e. The van der Waals surface area contributed by atoms with E-state index in [-0.39, 0.29) is 0 Å². The molecule has 0 aromatic heterocycles. The van der Waals surface area contributed by atoms with E-state index in [0.29, 0.717) is 0 Å². The molecule has 7 aromatic rings. The fourth-order valence-corrected chi connectivity index (χ4v) is 6.77. The van der Waals surface area contributed by atoms with E-state index in [1.54, 1.807) is 0 Å². The third-order valence-corrected chi connectivity index (χ3v) is 8.74. The van der Waals surface area contributed by atoms with Crippen molar-refractivity contribution in [3.8, 4) is 55.6 Å². The first-order chi connectivity index (χ1) is 19.7. The largest absolute Gasteiger partial charge is 0.0622 e. The molecular formula is C40H28. The molecule has 0 heterocycles. The van der Waals surface area contributed by atoms with Gasteiger partial charge in [-0.3, -0.25) is 0 Å². The van der Waals surface area contributed by atoms with Crippen molar-refractivity contribution in [3.63, 3.8) is 0 Å². The fourth-order valence-electron chi connectivity index (χ4n) is 6.77. The molecule has 1 aliphatic rings. The normalized spacial score (nSPS) is 11.8. The zero-order valence-corrected chi connectivity index (χ0v) is 22.7. The highest BCUT2D eigenvalue weighted by atomic mass is 14.3. The van der Waals surface area contributed by atoms with Crippen molar-refractivity contribution in [2.75, 3.05) is 0 Å². The van der Waals surface area contributed by atoms with E-state index in [1.807, 2.05) is 0 Å². The quantitative estimate of drug-likeness (QED) is 0.223. The van der Waals surface area contributed by atoms with Gasteiger partial charge in [0, 0.05) is 0 Å². The molecule has 0 aliphatic heterocycles. The standard InChI is InChI=1S/C40H28/c1-25-20-21-29(24-26(25)2)30-22-23-35-38-31(30)18-11-19-34(38)39-36(27-12-5-3-6-13-27)32-16-9-10-17-33(32)37(40(35)39)28-14-7-4-8-15-28/h3-24H,1-2H3. The fraction of sp³-hybridized carbons (Fsp3) is 0.0500. The van der Waals surface area contributed by atoms with E-state index in [9.17, 15) is 0 Å². The van der Waals surface area contributed by atoms with Gasteiger partial charge in [-0.15, -0.1) is 0 Å². The van der Waals surface area contributed by atoms with Crippen LogP contribution in [0.5, 0.6) is 0 Å². The minimum absolute atomic E-state index is 1.26. The average Bonchev–Trinajstić information content (AvgIpc) is 3.33. The molecule has 40 heavy (non-hydrogen) atoms. The van der Waals surface area contributed by atoms with Crippen molar-refractivity contribution < 1.29 is 0 Å². The predicted octanol–water partition coefficient (Wildman–Crippen LogP) is 11.3. The Balaban J connectivity index is 1.56. The summed E-state index contributed by atoms with van der Waals surface area (Å²) in [6, 6.07) is 49.3. The Hall–Kier alpha value is -4.94. The number of hydrogen-bond donors (Lipinski definition) is 0. The maximum absolute atomic E-state index is 2.37. The molecule has 0 unspecified atom stereocenters. The summed E-state index contributed by atoms with van der Waals surface area (Å²) in [5, 5.41) is 5.27. The molecule has 0 heteroatoms. The first kappa shape index (κ1) is 23.0. The summed E-state index contributed by atoms with van der Waals surface area (Å²) in [5.41, 5.74) is 15.7. The molecule has 8 rings (SSSR count). The van der Waals surface area contributed by atoms with E-state index in [4.69, 9.17) is 0 Å². The lowest BCUT2D eigenvalue weighted by Crippen LogP contribution is -1.93. The lowest BCUT2D eigenvalue weighted by Gasteiger charge is -2.20. The Bertz CT molecular complexity index is 2010. The van der Waals surface area contributed by atoms with Gasteiger partial charge < -0.3 is 0 Å². The van der Waals surface area contributed by atoms with Crippen LogP contribution in [0.2, 0.25) is 0 Å². The van der Waals surface area contributed by atoms with Gasteiger partial charge in [0.15, 0.2) is 0 Å². The van der Waals surface area contributed by atoms with Gasteiger partial charge in [0.2, 0.25) is 0 Å². The molecule has 0 nitrogen and oxygen atoms in total. The van der Waals surface area contributed by atoms with Crippen LogP contribution in [-0.2, 0) is 0 Å².